The van der Waals surface area contributed by atoms with E-state index in [9.17, 15) is 18.8 Å². The maximum atomic E-state index is 13.5. The number of hydrogen-bond donors (Lipinski definition) is 2. The van der Waals surface area contributed by atoms with Gasteiger partial charge in [-0.05, 0) is 18.1 Å². The summed E-state index contributed by atoms with van der Waals surface area (Å²) in [4.78, 5) is 37.6. The van der Waals surface area contributed by atoms with E-state index < -0.39 is 11.7 Å². The average molecular weight is 349 g/mol. The van der Waals surface area contributed by atoms with Crippen LogP contribution in [0.2, 0.25) is 0 Å². The fraction of sp³-hybridized carbons (Fsp3) is 0.500. The topological polar surface area (TPSA) is 78.5 Å². The van der Waals surface area contributed by atoms with Crippen molar-refractivity contribution in [3.8, 4) is 0 Å². The van der Waals surface area contributed by atoms with Gasteiger partial charge in [0.25, 0.3) is 5.91 Å². The van der Waals surface area contributed by atoms with Gasteiger partial charge in [-0.25, -0.2) is 4.39 Å². The molecular formula is C18H24FN3O3. The second-order valence-electron chi connectivity index (χ2n) is 6.62. The van der Waals surface area contributed by atoms with Crippen LogP contribution in [0.3, 0.4) is 0 Å². The zero-order chi connectivity index (χ0) is 18.4. The standard InChI is InChI=1S/C18H24FN3O3/c1-12(2)10-22-11-13(9-16(22)23)17(24)20-7-8-21-18(25)14-5-3-4-6-15(14)19/h3-6,12-13H,7-11H2,1-2H3,(H,20,24)(H,21,25)/t13-/m1/s1. The fourth-order valence-electron chi connectivity index (χ4n) is 2.81. The Bertz CT molecular complexity index is 648. The molecule has 1 heterocycles. The Morgan fingerprint density at radius 1 is 1.24 bits per heavy atom. The highest BCUT2D eigenvalue weighted by atomic mass is 19.1. The second kappa shape index (κ2) is 8.60. The van der Waals surface area contributed by atoms with Gasteiger partial charge < -0.3 is 15.5 Å². The first-order chi connectivity index (χ1) is 11.9. The monoisotopic (exact) mass is 349 g/mol. The van der Waals surface area contributed by atoms with E-state index in [-0.39, 0.29) is 42.8 Å². The summed E-state index contributed by atoms with van der Waals surface area (Å²) in [5.41, 5.74) is -0.0282. The molecule has 1 aliphatic rings. The minimum absolute atomic E-state index is 0.00158. The van der Waals surface area contributed by atoms with Gasteiger partial charge in [0.2, 0.25) is 11.8 Å². The predicted octanol–water partition coefficient (Wildman–Crippen LogP) is 1.18. The number of carbonyl (C=O) groups excluding carboxylic acids is 3. The maximum Gasteiger partial charge on any atom is 0.254 e. The largest absolute Gasteiger partial charge is 0.354 e. The lowest BCUT2D eigenvalue weighted by atomic mass is 10.1. The number of likely N-dealkylation sites (tertiary alicyclic amines) is 1. The van der Waals surface area contributed by atoms with Crippen LogP contribution < -0.4 is 10.6 Å². The lowest BCUT2D eigenvalue weighted by Gasteiger charge is -2.18. The summed E-state index contributed by atoms with van der Waals surface area (Å²) in [7, 11) is 0. The third-order valence-electron chi connectivity index (χ3n) is 4.00. The number of nitrogens with zero attached hydrogens (tertiary/aromatic N) is 1. The number of amides is 3. The molecule has 3 amide bonds. The molecule has 0 spiro atoms. The molecule has 0 radical (unpaired) electrons. The molecule has 0 saturated carbocycles. The van der Waals surface area contributed by atoms with Crippen molar-refractivity contribution in [1.29, 1.82) is 0 Å². The minimum atomic E-state index is -0.584. The number of benzene rings is 1. The van der Waals surface area contributed by atoms with Crippen molar-refractivity contribution in [2.24, 2.45) is 11.8 Å². The quantitative estimate of drug-likeness (QED) is 0.726. The Labute approximate surface area is 146 Å². The summed E-state index contributed by atoms with van der Waals surface area (Å²) in [5, 5.41) is 5.27. The molecule has 0 unspecified atom stereocenters. The summed E-state index contributed by atoms with van der Waals surface area (Å²) >= 11 is 0. The summed E-state index contributed by atoms with van der Waals surface area (Å²) < 4.78 is 13.5. The van der Waals surface area contributed by atoms with Crippen LogP contribution >= 0.6 is 0 Å². The highest BCUT2D eigenvalue weighted by Crippen LogP contribution is 2.19. The molecule has 1 saturated heterocycles. The highest BCUT2D eigenvalue weighted by molar-refractivity contribution is 5.94. The number of carbonyl (C=O) groups is 3. The fourth-order valence-corrected chi connectivity index (χ4v) is 2.81. The number of rotatable bonds is 7. The van der Waals surface area contributed by atoms with Crippen molar-refractivity contribution in [2.75, 3.05) is 26.2 Å². The van der Waals surface area contributed by atoms with Crippen LogP contribution in [-0.4, -0.2) is 48.8 Å². The van der Waals surface area contributed by atoms with Gasteiger partial charge in [0.05, 0.1) is 11.5 Å². The van der Waals surface area contributed by atoms with E-state index in [1.54, 1.807) is 11.0 Å². The summed E-state index contributed by atoms with van der Waals surface area (Å²) in [5.74, 6) is -1.29. The SMILES string of the molecule is CC(C)CN1C[C@H](C(=O)NCCNC(=O)c2ccccc2F)CC1=O. The molecule has 1 atom stereocenters. The van der Waals surface area contributed by atoms with E-state index in [1.165, 1.54) is 18.2 Å². The molecule has 136 valence electrons. The van der Waals surface area contributed by atoms with Gasteiger partial charge in [-0.3, -0.25) is 14.4 Å². The predicted molar refractivity (Wildman–Crippen MR) is 91.3 cm³/mol. The normalized spacial score (nSPS) is 17.0. The molecule has 1 aromatic carbocycles. The Hall–Kier alpha value is -2.44. The molecule has 0 aliphatic carbocycles. The Kier molecular flexibility index (Phi) is 6.50. The third-order valence-corrected chi connectivity index (χ3v) is 4.00. The second-order valence-corrected chi connectivity index (χ2v) is 6.62. The molecular weight excluding hydrogens is 325 g/mol. The molecule has 1 aromatic rings. The van der Waals surface area contributed by atoms with Gasteiger partial charge in [-0.15, -0.1) is 0 Å². The highest BCUT2D eigenvalue weighted by Gasteiger charge is 2.34. The molecule has 1 fully saturated rings. The maximum absolute atomic E-state index is 13.5. The van der Waals surface area contributed by atoms with Crippen molar-refractivity contribution < 1.29 is 18.8 Å². The number of nitrogens with one attached hydrogen (secondary N) is 2. The van der Waals surface area contributed by atoms with E-state index in [0.29, 0.717) is 19.0 Å². The van der Waals surface area contributed by atoms with Gasteiger partial charge in [0, 0.05) is 32.6 Å². The van der Waals surface area contributed by atoms with Gasteiger partial charge in [0.1, 0.15) is 5.82 Å². The molecule has 7 heteroatoms. The number of halogens is 1. The summed E-state index contributed by atoms with van der Waals surface area (Å²) in [6.07, 6.45) is 0.222. The van der Waals surface area contributed by atoms with Crippen molar-refractivity contribution >= 4 is 17.7 Å². The first kappa shape index (κ1) is 18.9. The van der Waals surface area contributed by atoms with Crippen molar-refractivity contribution in [3.63, 3.8) is 0 Å². The van der Waals surface area contributed by atoms with Crippen molar-refractivity contribution in [1.82, 2.24) is 15.5 Å². The molecule has 1 aliphatic heterocycles. The van der Waals surface area contributed by atoms with Crippen LogP contribution in [0.1, 0.15) is 30.6 Å². The van der Waals surface area contributed by atoms with E-state index in [2.05, 4.69) is 10.6 Å². The average Bonchev–Trinajstić information content (AvgIpc) is 2.92. The molecule has 2 N–H and O–H groups in total. The van der Waals surface area contributed by atoms with Gasteiger partial charge in [-0.1, -0.05) is 26.0 Å². The zero-order valence-corrected chi connectivity index (χ0v) is 14.5. The van der Waals surface area contributed by atoms with E-state index in [4.69, 9.17) is 0 Å². The first-order valence-corrected chi connectivity index (χ1v) is 8.46. The Balaban J connectivity index is 1.72. The Morgan fingerprint density at radius 3 is 2.60 bits per heavy atom. The molecule has 0 aromatic heterocycles. The van der Waals surface area contributed by atoms with E-state index in [1.807, 2.05) is 13.8 Å². The molecule has 2 rings (SSSR count). The van der Waals surface area contributed by atoms with Crippen molar-refractivity contribution in [3.05, 3.63) is 35.6 Å². The first-order valence-electron chi connectivity index (χ1n) is 8.46. The molecule has 25 heavy (non-hydrogen) atoms. The van der Waals surface area contributed by atoms with Crippen LogP contribution in [0.5, 0.6) is 0 Å². The van der Waals surface area contributed by atoms with Gasteiger partial charge in [-0.2, -0.15) is 0 Å². The van der Waals surface area contributed by atoms with Gasteiger partial charge in [0.15, 0.2) is 0 Å². The van der Waals surface area contributed by atoms with Crippen LogP contribution in [0.15, 0.2) is 24.3 Å². The smallest absolute Gasteiger partial charge is 0.254 e. The lowest BCUT2D eigenvalue weighted by molar-refractivity contribution is -0.129. The third kappa shape index (κ3) is 5.27. The van der Waals surface area contributed by atoms with E-state index >= 15 is 0 Å². The van der Waals surface area contributed by atoms with Gasteiger partial charge >= 0.3 is 0 Å². The van der Waals surface area contributed by atoms with Crippen LogP contribution in [0, 0.1) is 17.7 Å². The lowest BCUT2D eigenvalue weighted by Crippen LogP contribution is -2.38. The minimum Gasteiger partial charge on any atom is -0.354 e. The number of hydrogen-bond acceptors (Lipinski definition) is 3. The van der Waals surface area contributed by atoms with Crippen LogP contribution in [-0.2, 0) is 9.59 Å². The molecule has 6 nitrogen and oxygen atoms in total. The van der Waals surface area contributed by atoms with E-state index in [0.717, 1.165) is 0 Å². The van der Waals surface area contributed by atoms with Crippen molar-refractivity contribution in [2.45, 2.75) is 20.3 Å². The Morgan fingerprint density at radius 2 is 1.92 bits per heavy atom. The zero-order valence-electron chi connectivity index (χ0n) is 14.5. The summed E-state index contributed by atoms with van der Waals surface area (Å²) in [6, 6.07) is 5.71. The van der Waals surface area contributed by atoms with Crippen LogP contribution in [0.4, 0.5) is 4.39 Å². The molecule has 0 bridgehead atoms. The summed E-state index contributed by atoms with van der Waals surface area (Å²) in [6.45, 7) is 5.56. The van der Waals surface area contributed by atoms with Crippen LogP contribution in [0.25, 0.3) is 0 Å².